The Hall–Kier alpha value is -2.96. The van der Waals surface area contributed by atoms with Gasteiger partial charge in [-0.25, -0.2) is 0 Å². The number of ether oxygens (including phenoxy) is 1. The highest BCUT2D eigenvalue weighted by Crippen LogP contribution is 2.36. The Morgan fingerprint density at radius 1 is 0.966 bits per heavy atom. The van der Waals surface area contributed by atoms with E-state index in [1.807, 2.05) is 65.2 Å². The lowest BCUT2D eigenvalue weighted by atomic mass is 10.2. The van der Waals surface area contributed by atoms with E-state index in [1.54, 1.807) is 31.0 Å². The van der Waals surface area contributed by atoms with E-state index in [-0.39, 0.29) is 5.75 Å². The number of thioether (sulfide) groups is 1. The molecule has 1 N–H and O–H groups in total. The molecule has 0 aliphatic heterocycles. The molecular formula is C22H18ClN3O2S. The molecule has 0 aliphatic rings. The van der Waals surface area contributed by atoms with Crippen molar-refractivity contribution >= 4 is 23.4 Å². The fourth-order valence-corrected chi connectivity index (χ4v) is 3.99. The molecule has 0 spiro atoms. The first-order valence-corrected chi connectivity index (χ1v) is 10.3. The van der Waals surface area contributed by atoms with E-state index in [1.165, 1.54) is 0 Å². The van der Waals surface area contributed by atoms with Gasteiger partial charge in [0.25, 0.3) is 0 Å². The van der Waals surface area contributed by atoms with Gasteiger partial charge in [0.2, 0.25) is 0 Å². The number of phenolic OH excluding ortho intramolecular Hbond substituents is 1. The molecule has 1 aromatic heterocycles. The first kappa shape index (κ1) is 19.4. The summed E-state index contributed by atoms with van der Waals surface area (Å²) in [6.07, 6.45) is 0. The monoisotopic (exact) mass is 423 g/mol. The molecule has 7 heteroatoms. The van der Waals surface area contributed by atoms with Crippen LogP contribution in [0.4, 0.5) is 0 Å². The Kier molecular flexibility index (Phi) is 5.74. The highest BCUT2D eigenvalue weighted by atomic mass is 35.5. The topological polar surface area (TPSA) is 60.2 Å². The van der Waals surface area contributed by atoms with Crippen molar-refractivity contribution in [3.05, 3.63) is 83.4 Å². The predicted octanol–water partition coefficient (Wildman–Crippen LogP) is 5.59. The van der Waals surface area contributed by atoms with Gasteiger partial charge in [-0.05, 0) is 42.0 Å². The summed E-state index contributed by atoms with van der Waals surface area (Å²) in [6, 6.07) is 22.5. The van der Waals surface area contributed by atoms with E-state index < -0.39 is 0 Å². The van der Waals surface area contributed by atoms with Crippen LogP contribution in [0.15, 0.2) is 78.0 Å². The van der Waals surface area contributed by atoms with Crippen molar-refractivity contribution in [1.29, 1.82) is 0 Å². The number of para-hydroxylation sites is 3. The van der Waals surface area contributed by atoms with Gasteiger partial charge in [-0.3, -0.25) is 4.57 Å². The van der Waals surface area contributed by atoms with Crippen LogP contribution in [0, 0.1) is 0 Å². The van der Waals surface area contributed by atoms with Gasteiger partial charge in [0.15, 0.2) is 11.0 Å². The molecule has 0 bridgehead atoms. The van der Waals surface area contributed by atoms with Crippen molar-refractivity contribution in [2.45, 2.75) is 10.9 Å². The van der Waals surface area contributed by atoms with Gasteiger partial charge in [-0.15, -0.1) is 10.2 Å². The summed E-state index contributed by atoms with van der Waals surface area (Å²) in [4.78, 5) is 0. The third-order valence-electron chi connectivity index (χ3n) is 4.39. The number of rotatable bonds is 6. The predicted molar refractivity (Wildman–Crippen MR) is 116 cm³/mol. The summed E-state index contributed by atoms with van der Waals surface area (Å²) >= 11 is 7.53. The number of hydrogen-bond donors (Lipinski definition) is 1. The number of methoxy groups -OCH3 is 1. The zero-order valence-corrected chi connectivity index (χ0v) is 17.2. The lowest BCUT2D eigenvalue weighted by Crippen LogP contribution is -2.02. The maximum Gasteiger partial charge on any atom is 0.196 e. The van der Waals surface area contributed by atoms with Crippen LogP contribution in [0.1, 0.15) is 5.56 Å². The Morgan fingerprint density at radius 2 is 1.69 bits per heavy atom. The van der Waals surface area contributed by atoms with E-state index in [2.05, 4.69) is 10.2 Å². The second kappa shape index (κ2) is 8.59. The van der Waals surface area contributed by atoms with Gasteiger partial charge in [-0.2, -0.15) is 0 Å². The van der Waals surface area contributed by atoms with Gasteiger partial charge >= 0.3 is 0 Å². The molecule has 0 saturated heterocycles. The molecule has 0 aliphatic carbocycles. The average molecular weight is 424 g/mol. The number of phenols is 1. The third-order valence-corrected chi connectivity index (χ3v) is 5.64. The van der Waals surface area contributed by atoms with Crippen LogP contribution in [0.2, 0.25) is 5.02 Å². The molecule has 4 aromatic rings. The van der Waals surface area contributed by atoms with E-state index in [0.717, 1.165) is 11.3 Å². The minimum absolute atomic E-state index is 0.144. The van der Waals surface area contributed by atoms with Gasteiger partial charge in [0.05, 0.1) is 18.4 Å². The minimum Gasteiger partial charge on any atom is -0.507 e. The fourth-order valence-electron chi connectivity index (χ4n) is 2.96. The quantitative estimate of drug-likeness (QED) is 0.409. The normalized spacial score (nSPS) is 10.8. The average Bonchev–Trinajstić information content (AvgIpc) is 3.17. The third kappa shape index (κ3) is 4.09. The summed E-state index contributed by atoms with van der Waals surface area (Å²) in [6.45, 7) is 0. The van der Waals surface area contributed by atoms with Crippen LogP contribution < -0.4 is 4.74 Å². The first-order valence-electron chi connectivity index (χ1n) is 8.92. The molecule has 146 valence electrons. The Bertz CT molecular complexity index is 1130. The maximum atomic E-state index is 10.4. The fraction of sp³-hybridized carbons (Fsp3) is 0.0909. The van der Waals surface area contributed by atoms with Crippen LogP contribution in [-0.2, 0) is 5.75 Å². The SMILES string of the molecule is COc1ccccc1-n1c(SCc2ccc(Cl)cc2)nnc1-c1ccccc1O. The van der Waals surface area contributed by atoms with Crippen molar-refractivity contribution in [2.24, 2.45) is 0 Å². The Balaban J connectivity index is 1.79. The molecule has 5 nitrogen and oxygen atoms in total. The molecule has 29 heavy (non-hydrogen) atoms. The van der Waals surface area contributed by atoms with Crippen LogP contribution in [-0.4, -0.2) is 27.0 Å². The molecule has 0 radical (unpaired) electrons. The highest BCUT2D eigenvalue weighted by Gasteiger charge is 2.20. The molecule has 3 aromatic carbocycles. The lowest BCUT2D eigenvalue weighted by Gasteiger charge is -2.14. The second-order valence-electron chi connectivity index (χ2n) is 6.25. The molecule has 4 rings (SSSR count). The number of hydrogen-bond acceptors (Lipinski definition) is 5. The smallest absolute Gasteiger partial charge is 0.196 e. The Labute approximate surface area is 177 Å². The highest BCUT2D eigenvalue weighted by molar-refractivity contribution is 7.98. The van der Waals surface area contributed by atoms with Crippen molar-refractivity contribution in [2.75, 3.05) is 7.11 Å². The van der Waals surface area contributed by atoms with Crippen molar-refractivity contribution in [3.8, 4) is 28.6 Å². The van der Waals surface area contributed by atoms with E-state index >= 15 is 0 Å². The number of aromatic nitrogens is 3. The van der Waals surface area contributed by atoms with E-state index in [0.29, 0.717) is 33.1 Å². The molecule has 0 atom stereocenters. The number of benzene rings is 3. The largest absolute Gasteiger partial charge is 0.507 e. The molecule has 0 amide bonds. The van der Waals surface area contributed by atoms with E-state index in [4.69, 9.17) is 16.3 Å². The molecule has 0 fully saturated rings. The summed E-state index contributed by atoms with van der Waals surface area (Å²) in [7, 11) is 1.63. The van der Waals surface area contributed by atoms with Gasteiger partial charge in [-0.1, -0.05) is 59.8 Å². The number of halogens is 1. The maximum absolute atomic E-state index is 10.4. The van der Waals surface area contributed by atoms with Crippen LogP contribution in [0.25, 0.3) is 17.1 Å². The van der Waals surface area contributed by atoms with Crippen LogP contribution in [0.3, 0.4) is 0 Å². The zero-order chi connectivity index (χ0) is 20.2. The zero-order valence-electron chi connectivity index (χ0n) is 15.6. The summed E-state index contributed by atoms with van der Waals surface area (Å²) < 4.78 is 7.47. The summed E-state index contributed by atoms with van der Waals surface area (Å²) in [5, 5.41) is 20.6. The van der Waals surface area contributed by atoms with Crippen molar-refractivity contribution < 1.29 is 9.84 Å². The Morgan fingerprint density at radius 3 is 2.45 bits per heavy atom. The lowest BCUT2D eigenvalue weighted by molar-refractivity contribution is 0.412. The molecule has 1 heterocycles. The van der Waals surface area contributed by atoms with E-state index in [9.17, 15) is 5.11 Å². The van der Waals surface area contributed by atoms with Gasteiger partial charge in [0.1, 0.15) is 11.5 Å². The van der Waals surface area contributed by atoms with Crippen molar-refractivity contribution in [1.82, 2.24) is 14.8 Å². The summed E-state index contributed by atoms with van der Waals surface area (Å²) in [5.41, 5.74) is 2.53. The summed E-state index contributed by atoms with van der Waals surface area (Å²) in [5.74, 6) is 2.08. The second-order valence-corrected chi connectivity index (χ2v) is 7.62. The van der Waals surface area contributed by atoms with Gasteiger partial charge < -0.3 is 9.84 Å². The van der Waals surface area contributed by atoms with Gasteiger partial charge in [0, 0.05) is 10.8 Å². The first-order chi connectivity index (χ1) is 14.2. The molecule has 0 unspecified atom stereocenters. The van der Waals surface area contributed by atoms with Crippen LogP contribution in [0.5, 0.6) is 11.5 Å². The number of nitrogens with zero attached hydrogens (tertiary/aromatic N) is 3. The van der Waals surface area contributed by atoms with Crippen LogP contribution >= 0.6 is 23.4 Å². The molecular weight excluding hydrogens is 406 g/mol. The molecule has 0 saturated carbocycles. The minimum atomic E-state index is 0.144. The van der Waals surface area contributed by atoms with Crippen molar-refractivity contribution in [3.63, 3.8) is 0 Å². The number of aromatic hydroxyl groups is 1. The standard InChI is InChI=1S/C22H18ClN3O2S/c1-28-20-9-5-3-7-18(20)26-21(17-6-2-4-8-19(17)27)24-25-22(26)29-14-15-10-12-16(23)13-11-15/h2-13,27H,14H2,1H3.